The van der Waals surface area contributed by atoms with Gasteiger partial charge in [-0.1, -0.05) is 11.8 Å². The third-order valence-electron chi connectivity index (χ3n) is 3.12. The summed E-state index contributed by atoms with van der Waals surface area (Å²) in [4.78, 5) is 4.09. The van der Waals surface area contributed by atoms with Crippen molar-refractivity contribution in [2.75, 3.05) is 5.75 Å². The molecule has 0 saturated heterocycles. The second-order valence-electron chi connectivity index (χ2n) is 4.58. The summed E-state index contributed by atoms with van der Waals surface area (Å²) in [6.07, 6.45) is 4.38. The quantitative estimate of drug-likeness (QED) is 0.642. The molecule has 19 heavy (non-hydrogen) atoms. The first-order chi connectivity index (χ1) is 9.08. The lowest BCUT2D eigenvalue weighted by atomic mass is 10.3. The second-order valence-corrected chi connectivity index (χ2v) is 7.11. The highest BCUT2D eigenvalue weighted by atomic mass is 35.5. The lowest BCUT2D eigenvalue weighted by molar-refractivity contribution is 0.791. The molecule has 0 N–H and O–H groups in total. The molecule has 1 atom stereocenters. The minimum atomic E-state index is -0.530. The molecule has 0 aromatic carbocycles. The first kappa shape index (κ1) is 13.2. The molecular weight excluding hydrogens is 303 g/mol. The fourth-order valence-corrected chi connectivity index (χ4v) is 3.65. The lowest BCUT2D eigenvalue weighted by Crippen LogP contribution is -1.98. The monoisotopic (exact) mass is 314 g/mol. The molecule has 0 radical (unpaired) electrons. The Bertz CT molecular complexity index is 585. The van der Waals surface area contributed by atoms with Crippen LogP contribution in [0.3, 0.4) is 0 Å². The highest BCUT2D eigenvalue weighted by Gasteiger charge is 2.51. The summed E-state index contributed by atoms with van der Waals surface area (Å²) >= 11 is 13.7. The topological polar surface area (TPSA) is 43.6 Å². The molecular formula is C12H12Cl2N4S. The lowest BCUT2D eigenvalue weighted by Gasteiger charge is -2.03. The highest BCUT2D eigenvalue weighted by molar-refractivity contribution is 7.99. The molecule has 7 heteroatoms. The van der Waals surface area contributed by atoms with Crippen molar-refractivity contribution in [3.8, 4) is 11.4 Å². The van der Waals surface area contributed by atoms with E-state index in [2.05, 4.69) is 15.2 Å². The van der Waals surface area contributed by atoms with Gasteiger partial charge in [0.2, 0.25) is 0 Å². The van der Waals surface area contributed by atoms with Gasteiger partial charge >= 0.3 is 0 Å². The Hall–Kier alpha value is -0.780. The van der Waals surface area contributed by atoms with E-state index in [9.17, 15) is 0 Å². The standard InChI is InChI=1S/C12H12Cl2N4S/c1-18-10(8-3-2-4-15-6-8)16-17-11(18)19-7-9-5-12(9,13)14/h2-4,6,9H,5,7H2,1H3/t9-/m0/s1. The van der Waals surface area contributed by atoms with Gasteiger partial charge < -0.3 is 4.57 Å². The minimum Gasteiger partial charge on any atom is -0.305 e. The van der Waals surface area contributed by atoms with E-state index in [4.69, 9.17) is 23.2 Å². The van der Waals surface area contributed by atoms with Crippen LogP contribution < -0.4 is 0 Å². The van der Waals surface area contributed by atoms with Crippen molar-refractivity contribution in [3.63, 3.8) is 0 Å². The summed E-state index contributed by atoms with van der Waals surface area (Å²) in [6.45, 7) is 0. The van der Waals surface area contributed by atoms with Gasteiger partial charge in [-0.25, -0.2) is 0 Å². The molecule has 0 bridgehead atoms. The van der Waals surface area contributed by atoms with Crippen molar-refractivity contribution in [3.05, 3.63) is 24.5 Å². The molecule has 4 nitrogen and oxygen atoms in total. The highest BCUT2D eigenvalue weighted by Crippen LogP contribution is 2.54. The van der Waals surface area contributed by atoms with Gasteiger partial charge in [0.1, 0.15) is 4.33 Å². The summed E-state index contributed by atoms with van der Waals surface area (Å²) in [5, 5.41) is 9.28. The van der Waals surface area contributed by atoms with E-state index in [1.165, 1.54) is 0 Å². The van der Waals surface area contributed by atoms with Crippen LogP contribution in [0.4, 0.5) is 0 Å². The van der Waals surface area contributed by atoms with Crippen LogP contribution in [0.1, 0.15) is 6.42 Å². The molecule has 0 unspecified atom stereocenters. The summed E-state index contributed by atoms with van der Waals surface area (Å²) in [7, 11) is 1.95. The Balaban J connectivity index is 1.73. The molecule has 1 aliphatic carbocycles. The van der Waals surface area contributed by atoms with Gasteiger partial charge in [-0.3, -0.25) is 4.98 Å². The molecule has 2 aromatic heterocycles. The average molecular weight is 315 g/mol. The fraction of sp³-hybridized carbons (Fsp3) is 0.417. The van der Waals surface area contributed by atoms with Crippen molar-refractivity contribution < 1.29 is 0 Å². The zero-order valence-electron chi connectivity index (χ0n) is 10.3. The van der Waals surface area contributed by atoms with Crippen LogP contribution in [0.5, 0.6) is 0 Å². The van der Waals surface area contributed by atoms with Crippen LogP contribution in [0, 0.1) is 5.92 Å². The number of nitrogens with zero attached hydrogens (tertiary/aromatic N) is 4. The Kier molecular flexibility index (Phi) is 3.45. The second kappa shape index (κ2) is 4.96. The average Bonchev–Trinajstić information content (AvgIpc) is 2.85. The Morgan fingerprint density at radius 2 is 2.26 bits per heavy atom. The van der Waals surface area contributed by atoms with Crippen molar-refractivity contribution in [1.82, 2.24) is 19.7 Å². The maximum absolute atomic E-state index is 6.02. The van der Waals surface area contributed by atoms with E-state index in [0.29, 0.717) is 5.92 Å². The molecule has 0 aliphatic heterocycles. The van der Waals surface area contributed by atoms with Crippen LogP contribution in [-0.4, -0.2) is 29.8 Å². The maximum Gasteiger partial charge on any atom is 0.191 e. The molecule has 3 rings (SSSR count). The number of thioether (sulfide) groups is 1. The van der Waals surface area contributed by atoms with E-state index < -0.39 is 4.33 Å². The smallest absolute Gasteiger partial charge is 0.191 e. The zero-order chi connectivity index (χ0) is 13.5. The fourth-order valence-electron chi connectivity index (χ4n) is 1.81. The van der Waals surface area contributed by atoms with E-state index in [1.807, 2.05) is 23.7 Å². The predicted molar refractivity (Wildman–Crippen MR) is 77.5 cm³/mol. The Labute approximate surface area is 125 Å². The van der Waals surface area contributed by atoms with Gasteiger partial charge in [0.15, 0.2) is 11.0 Å². The number of rotatable bonds is 4. The van der Waals surface area contributed by atoms with Gasteiger partial charge in [-0.05, 0) is 18.6 Å². The summed E-state index contributed by atoms with van der Waals surface area (Å²) < 4.78 is 1.44. The largest absolute Gasteiger partial charge is 0.305 e. The van der Waals surface area contributed by atoms with Crippen LogP contribution >= 0.6 is 35.0 Å². The number of aromatic nitrogens is 4. The SMILES string of the molecule is Cn1c(SC[C@@H]2CC2(Cl)Cl)nnc1-c1cccnc1. The summed E-state index contributed by atoms with van der Waals surface area (Å²) in [6, 6.07) is 3.85. The summed E-state index contributed by atoms with van der Waals surface area (Å²) in [5.41, 5.74) is 0.958. The third kappa shape index (κ3) is 2.73. The van der Waals surface area contributed by atoms with Crippen LogP contribution in [0.25, 0.3) is 11.4 Å². The number of hydrogen-bond donors (Lipinski definition) is 0. The van der Waals surface area contributed by atoms with Crippen molar-refractivity contribution in [2.24, 2.45) is 13.0 Å². The zero-order valence-corrected chi connectivity index (χ0v) is 12.6. The molecule has 0 amide bonds. The van der Waals surface area contributed by atoms with Crippen molar-refractivity contribution >= 4 is 35.0 Å². The van der Waals surface area contributed by atoms with Crippen molar-refractivity contribution in [2.45, 2.75) is 15.9 Å². The van der Waals surface area contributed by atoms with Crippen molar-refractivity contribution in [1.29, 1.82) is 0 Å². The number of pyridine rings is 1. The Morgan fingerprint density at radius 3 is 2.89 bits per heavy atom. The van der Waals surface area contributed by atoms with Crippen LogP contribution in [0.15, 0.2) is 29.7 Å². The molecule has 2 heterocycles. The van der Waals surface area contributed by atoms with E-state index >= 15 is 0 Å². The van der Waals surface area contributed by atoms with Gasteiger partial charge in [-0.15, -0.1) is 33.4 Å². The van der Waals surface area contributed by atoms with Gasteiger partial charge in [-0.2, -0.15) is 0 Å². The molecule has 1 fully saturated rings. The predicted octanol–water partition coefficient (Wildman–Crippen LogP) is 3.16. The molecule has 1 saturated carbocycles. The number of halogens is 2. The number of hydrogen-bond acceptors (Lipinski definition) is 4. The maximum atomic E-state index is 6.02. The third-order valence-corrected chi connectivity index (χ3v) is 5.23. The number of alkyl halides is 2. The van der Waals surface area contributed by atoms with E-state index in [1.54, 1.807) is 24.2 Å². The molecule has 1 aliphatic rings. The first-order valence-corrected chi connectivity index (χ1v) is 7.62. The molecule has 2 aromatic rings. The minimum absolute atomic E-state index is 0.347. The first-order valence-electron chi connectivity index (χ1n) is 5.88. The Morgan fingerprint density at radius 1 is 1.47 bits per heavy atom. The summed E-state index contributed by atoms with van der Waals surface area (Å²) in [5.74, 6) is 2.03. The normalized spacial score (nSPS) is 20.5. The van der Waals surface area contributed by atoms with Crippen LogP contribution in [0.2, 0.25) is 0 Å². The van der Waals surface area contributed by atoms with Gasteiger partial charge in [0, 0.05) is 36.7 Å². The van der Waals surface area contributed by atoms with Gasteiger partial charge in [0.25, 0.3) is 0 Å². The van der Waals surface area contributed by atoms with E-state index in [0.717, 1.165) is 28.7 Å². The molecule has 100 valence electrons. The van der Waals surface area contributed by atoms with Crippen LogP contribution in [-0.2, 0) is 7.05 Å². The van der Waals surface area contributed by atoms with E-state index in [-0.39, 0.29) is 0 Å². The molecule has 0 spiro atoms. The van der Waals surface area contributed by atoms with Gasteiger partial charge in [0.05, 0.1) is 0 Å².